The number of anilines is 2. The minimum atomic E-state index is -0.420. The van der Waals surface area contributed by atoms with Crippen LogP contribution >= 0.6 is 0 Å². The normalized spacial score (nSPS) is 10.4. The highest BCUT2D eigenvalue weighted by Crippen LogP contribution is 2.28. The molecule has 0 atom stereocenters. The van der Waals surface area contributed by atoms with Gasteiger partial charge in [-0.25, -0.2) is 4.39 Å². The lowest BCUT2D eigenvalue weighted by atomic mass is 10.2. The Morgan fingerprint density at radius 3 is 2.78 bits per heavy atom. The van der Waals surface area contributed by atoms with Crippen LogP contribution in [0.5, 0.6) is 5.75 Å². The molecule has 3 N–H and O–H groups in total. The quantitative estimate of drug-likeness (QED) is 0.819. The fourth-order valence-electron chi connectivity index (χ4n) is 1.64. The van der Waals surface area contributed by atoms with Crippen LogP contribution in [-0.4, -0.2) is 7.11 Å². The van der Waals surface area contributed by atoms with Crippen LogP contribution in [0, 0.1) is 12.7 Å². The van der Waals surface area contributed by atoms with Crippen LogP contribution in [-0.2, 0) is 6.54 Å². The minimum absolute atomic E-state index is 0.273. The number of halogens is 1. The van der Waals surface area contributed by atoms with Crippen LogP contribution in [0.2, 0.25) is 0 Å². The Morgan fingerprint density at radius 2 is 2.17 bits per heavy atom. The molecule has 2 aromatic rings. The van der Waals surface area contributed by atoms with Crippen LogP contribution in [0.4, 0.5) is 15.8 Å². The van der Waals surface area contributed by atoms with Gasteiger partial charge in [0.1, 0.15) is 23.1 Å². The summed E-state index contributed by atoms with van der Waals surface area (Å²) in [7, 11) is 1.49. The smallest absolute Gasteiger partial charge is 0.148 e. The van der Waals surface area contributed by atoms with E-state index in [4.69, 9.17) is 14.9 Å². The van der Waals surface area contributed by atoms with Crippen molar-refractivity contribution in [2.75, 3.05) is 18.2 Å². The van der Waals surface area contributed by atoms with E-state index < -0.39 is 5.82 Å². The van der Waals surface area contributed by atoms with Crippen LogP contribution in [0.3, 0.4) is 0 Å². The molecule has 0 fully saturated rings. The number of benzene rings is 1. The first-order chi connectivity index (χ1) is 8.60. The first kappa shape index (κ1) is 12.3. The molecule has 0 aliphatic rings. The van der Waals surface area contributed by atoms with E-state index in [2.05, 4.69) is 5.32 Å². The second-order valence-electron chi connectivity index (χ2n) is 3.94. The van der Waals surface area contributed by atoms with Gasteiger partial charge >= 0.3 is 0 Å². The Kier molecular flexibility index (Phi) is 3.41. The van der Waals surface area contributed by atoms with Gasteiger partial charge in [0, 0.05) is 12.1 Å². The van der Waals surface area contributed by atoms with Gasteiger partial charge in [0.15, 0.2) is 0 Å². The van der Waals surface area contributed by atoms with Crippen molar-refractivity contribution in [1.29, 1.82) is 0 Å². The summed E-state index contributed by atoms with van der Waals surface area (Å²) in [4.78, 5) is 0. The van der Waals surface area contributed by atoms with E-state index in [-0.39, 0.29) is 5.69 Å². The Labute approximate surface area is 105 Å². The first-order valence-electron chi connectivity index (χ1n) is 5.52. The van der Waals surface area contributed by atoms with E-state index in [1.54, 1.807) is 0 Å². The molecule has 1 aromatic carbocycles. The number of aryl methyl sites for hydroxylation is 1. The van der Waals surface area contributed by atoms with Crippen molar-refractivity contribution in [3.05, 3.63) is 41.6 Å². The van der Waals surface area contributed by atoms with E-state index >= 15 is 0 Å². The molecule has 1 aromatic heterocycles. The maximum atomic E-state index is 13.6. The lowest BCUT2D eigenvalue weighted by Gasteiger charge is -2.10. The molecule has 0 saturated heterocycles. The van der Waals surface area contributed by atoms with Crippen molar-refractivity contribution in [3.63, 3.8) is 0 Å². The van der Waals surface area contributed by atoms with Gasteiger partial charge in [-0.1, -0.05) is 0 Å². The molecule has 0 radical (unpaired) electrons. The van der Waals surface area contributed by atoms with E-state index in [1.165, 1.54) is 19.2 Å². The Balaban J connectivity index is 2.13. The van der Waals surface area contributed by atoms with Crippen molar-refractivity contribution in [3.8, 4) is 5.75 Å². The van der Waals surface area contributed by atoms with Gasteiger partial charge < -0.3 is 20.2 Å². The molecule has 96 valence electrons. The summed E-state index contributed by atoms with van der Waals surface area (Å²) in [5.41, 5.74) is 6.20. The standard InChI is InChI=1S/C13H15FN2O2/c1-8-3-4-9(18-8)7-16-12-6-13(17-2)11(15)5-10(12)14/h3-6,16H,7,15H2,1-2H3. The fraction of sp³-hybridized carbons (Fsp3) is 0.231. The molecule has 4 nitrogen and oxygen atoms in total. The summed E-state index contributed by atoms with van der Waals surface area (Å²) < 4.78 is 24.1. The second kappa shape index (κ2) is 5.00. The van der Waals surface area contributed by atoms with Crippen molar-refractivity contribution in [2.45, 2.75) is 13.5 Å². The SMILES string of the molecule is COc1cc(NCc2ccc(C)o2)c(F)cc1N. The second-order valence-corrected chi connectivity index (χ2v) is 3.94. The molecule has 18 heavy (non-hydrogen) atoms. The van der Waals surface area contributed by atoms with E-state index in [1.807, 2.05) is 19.1 Å². The molecule has 0 saturated carbocycles. The number of methoxy groups -OCH3 is 1. The van der Waals surface area contributed by atoms with Crippen molar-refractivity contribution in [1.82, 2.24) is 0 Å². The van der Waals surface area contributed by atoms with E-state index in [9.17, 15) is 4.39 Å². The van der Waals surface area contributed by atoms with Crippen LogP contribution < -0.4 is 15.8 Å². The van der Waals surface area contributed by atoms with Gasteiger partial charge in [0.25, 0.3) is 0 Å². The summed E-state index contributed by atoms with van der Waals surface area (Å²) in [6.45, 7) is 2.26. The Hall–Kier alpha value is -2.17. The number of furan rings is 1. The van der Waals surface area contributed by atoms with Crippen LogP contribution in [0.15, 0.2) is 28.7 Å². The average molecular weight is 250 g/mol. The summed E-state index contributed by atoms with van der Waals surface area (Å²) in [6.07, 6.45) is 0. The number of rotatable bonds is 4. The molecule has 0 unspecified atom stereocenters. The third kappa shape index (κ3) is 2.56. The summed E-state index contributed by atoms with van der Waals surface area (Å²) in [5, 5.41) is 2.94. The summed E-state index contributed by atoms with van der Waals surface area (Å²) in [6, 6.07) is 6.46. The number of hydrogen-bond donors (Lipinski definition) is 2. The molecule has 0 spiro atoms. The van der Waals surface area contributed by atoms with Crippen molar-refractivity contribution < 1.29 is 13.5 Å². The third-order valence-corrected chi connectivity index (χ3v) is 2.57. The average Bonchev–Trinajstić information content (AvgIpc) is 2.74. The molecular weight excluding hydrogens is 235 g/mol. The van der Waals surface area contributed by atoms with Gasteiger partial charge in [0.2, 0.25) is 0 Å². The molecule has 0 bridgehead atoms. The highest BCUT2D eigenvalue weighted by atomic mass is 19.1. The van der Waals surface area contributed by atoms with Gasteiger partial charge in [-0.15, -0.1) is 0 Å². The first-order valence-corrected chi connectivity index (χ1v) is 5.52. The van der Waals surface area contributed by atoms with Gasteiger partial charge in [-0.2, -0.15) is 0 Å². The molecule has 0 aliphatic heterocycles. The number of hydrogen-bond acceptors (Lipinski definition) is 4. The summed E-state index contributed by atoms with van der Waals surface area (Å²) >= 11 is 0. The minimum Gasteiger partial charge on any atom is -0.495 e. The highest BCUT2D eigenvalue weighted by Gasteiger charge is 2.08. The Morgan fingerprint density at radius 1 is 1.39 bits per heavy atom. The fourth-order valence-corrected chi connectivity index (χ4v) is 1.64. The number of nitrogens with two attached hydrogens (primary N) is 1. The zero-order valence-electron chi connectivity index (χ0n) is 10.3. The molecule has 5 heteroatoms. The molecule has 0 amide bonds. The summed E-state index contributed by atoms with van der Waals surface area (Å²) in [5.74, 6) is 1.58. The van der Waals surface area contributed by atoms with Crippen molar-refractivity contribution in [2.24, 2.45) is 0 Å². The maximum absolute atomic E-state index is 13.6. The number of nitrogen functional groups attached to an aromatic ring is 1. The number of nitrogens with one attached hydrogen (secondary N) is 1. The van der Waals surface area contributed by atoms with E-state index in [0.717, 1.165) is 11.5 Å². The maximum Gasteiger partial charge on any atom is 0.148 e. The van der Waals surface area contributed by atoms with Gasteiger partial charge in [-0.05, 0) is 19.1 Å². The molecular formula is C13H15FN2O2. The molecule has 1 heterocycles. The lowest BCUT2D eigenvalue weighted by Crippen LogP contribution is -2.02. The highest BCUT2D eigenvalue weighted by molar-refractivity contribution is 5.62. The van der Waals surface area contributed by atoms with Crippen LogP contribution in [0.25, 0.3) is 0 Å². The number of ether oxygens (including phenoxy) is 1. The van der Waals surface area contributed by atoms with Gasteiger partial charge in [-0.3, -0.25) is 0 Å². The Bertz CT molecular complexity index is 552. The molecule has 0 aliphatic carbocycles. The topological polar surface area (TPSA) is 60.4 Å². The third-order valence-electron chi connectivity index (χ3n) is 2.57. The zero-order valence-corrected chi connectivity index (χ0v) is 10.3. The predicted octanol–water partition coefficient (Wildman–Crippen LogP) is 2.93. The molecule has 2 rings (SSSR count). The van der Waals surface area contributed by atoms with Crippen LogP contribution in [0.1, 0.15) is 11.5 Å². The zero-order chi connectivity index (χ0) is 13.1. The van der Waals surface area contributed by atoms with Gasteiger partial charge in [0.05, 0.1) is 25.0 Å². The van der Waals surface area contributed by atoms with E-state index in [0.29, 0.717) is 18.0 Å². The lowest BCUT2D eigenvalue weighted by molar-refractivity contribution is 0.416. The monoisotopic (exact) mass is 250 g/mol. The largest absolute Gasteiger partial charge is 0.495 e. The predicted molar refractivity (Wildman–Crippen MR) is 68.1 cm³/mol. The van der Waals surface area contributed by atoms with Crippen molar-refractivity contribution >= 4 is 11.4 Å².